The number of allylic oxidation sites excluding steroid dienone is 1. The van der Waals surface area contributed by atoms with Crippen molar-refractivity contribution in [2.75, 3.05) is 52.3 Å². The van der Waals surface area contributed by atoms with Crippen LogP contribution in [-0.2, 0) is 9.53 Å². The van der Waals surface area contributed by atoms with Gasteiger partial charge in [0.15, 0.2) is 6.23 Å². The smallest absolute Gasteiger partial charge is 0.356 e. The van der Waals surface area contributed by atoms with E-state index in [9.17, 15) is 18.0 Å². The number of halogens is 4. The topological polar surface area (TPSA) is 66.7 Å². The largest absolute Gasteiger partial charge is 0.393 e. The summed E-state index contributed by atoms with van der Waals surface area (Å²) in [4.78, 5) is 22.7. The molecule has 2 atom stereocenters. The van der Waals surface area contributed by atoms with E-state index in [1.165, 1.54) is 4.90 Å². The van der Waals surface area contributed by atoms with Crippen LogP contribution < -0.4 is 4.90 Å². The van der Waals surface area contributed by atoms with Crippen molar-refractivity contribution in [3.05, 3.63) is 102 Å². The Morgan fingerprint density at radius 1 is 0.980 bits per heavy atom. The molecule has 2 aliphatic heterocycles. The number of aromatic nitrogens is 3. The second kappa shape index (κ2) is 15.8. The quantitative estimate of drug-likeness (QED) is 0.0957. The summed E-state index contributed by atoms with van der Waals surface area (Å²) in [5.41, 5.74) is 2.27. The maximum absolute atomic E-state index is 15.5. The molecule has 2 aromatic heterocycles. The third kappa shape index (κ3) is 8.68. The first-order valence-corrected chi connectivity index (χ1v) is 17.4. The predicted molar refractivity (Wildman–Crippen MR) is 191 cm³/mol. The fourth-order valence-corrected chi connectivity index (χ4v) is 6.95. The SMILES string of the molecule is CN(C)C(=O)/C=C/CN(C)[C@H]1CCCN(c2ccc(/C(=C(/CC(F)(F)F)c3ccccc3)c3ccc4c(c3)c(F)nn4C3CCCCO3)cn2)C1. The van der Waals surface area contributed by atoms with Gasteiger partial charge in [-0.1, -0.05) is 42.5 Å². The summed E-state index contributed by atoms with van der Waals surface area (Å²) in [6.07, 6.45) is 3.48. The second-order valence-electron chi connectivity index (χ2n) is 13.5. The molecule has 2 aromatic carbocycles. The lowest BCUT2D eigenvalue weighted by Crippen LogP contribution is -2.46. The molecule has 0 radical (unpaired) electrons. The van der Waals surface area contributed by atoms with Gasteiger partial charge in [0, 0.05) is 64.2 Å². The van der Waals surface area contributed by atoms with E-state index < -0.39 is 24.8 Å². The molecule has 2 aliphatic rings. The van der Waals surface area contributed by atoms with Crippen molar-refractivity contribution in [1.82, 2.24) is 24.6 Å². The van der Waals surface area contributed by atoms with E-state index in [1.54, 1.807) is 85.6 Å². The molecule has 1 unspecified atom stereocenters. The summed E-state index contributed by atoms with van der Waals surface area (Å²) >= 11 is 0. The number of amides is 1. The standard InChI is InChI=1S/C39H44F4N6O2/c1-46(2)35(50)14-10-20-47(3)30-13-9-21-48(26-30)34-19-17-29(25-44-34)37(32(24-39(41,42)43)27-11-5-4-6-12-27)28-16-18-33-31(23-28)38(40)45-49(33)36-15-7-8-22-51-36/h4-6,10-12,14,16-19,23,25,30,36H,7-9,13,15,20-22,24,26H2,1-3H3/b14-10+,37-32-/t30-,36?/m0/s1. The maximum atomic E-state index is 15.5. The molecule has 8 nitrogen and oxygen atoms in total. The van der Waals surface area contributed by atoms with Crippen LogP contribution >= 0.6 is 0 Å². The van der Waals surface area contributed by atoms with Crippen LogP contribution in [0.15, 0.2) is 79.0 Å². The summed E-state index contributed by atoms with van der Waals surface area (Å²) in [6, 6.07) is 17.4. The van der Waals surface area contributed by atoms with Crippen molar-refractivity contribution in [2.45, 2.75) is 57.0 Å². The van der Waals surface area contributed by atoms with E-state index in [0.29, 0.717) is 47.4 Å². The van der Waals surface area contributed by atoms with E-state index in [4.69, 9.17) is 9.72 Å². The first kappa shape index (κ1) is 36.2. The number of hydrogen-bond donors (Lipinski definition) is 0. The molecule has 0 aliphatic carbocycles. The number of fused-ring (bicyclic) bond motifs is 1. The molecule has 51 heavy (non-hydrogen) atoms. The Morgan fingerprint density at radius 3 is 2.45 bits per heavy atom. The maximum Gasteiger partial charge on any atom is 0.393 e. The minimum atomic E-state index is -4.51. The number of hydrogen-bond acceptors (Lipinski definition) is 6. The second-order valence-corrected chi connectivity index (χ2v) is 13.5. The van der Waals surface area contributed by atoms with Crippen LogP contribution in [0, 0.1) is 5.95 Å². The van der Waals surface area contributed by atoms with Gasteiger partial charge in [-0.25, -0.2) is 9.67 Å². The highest BCUT2D eigenvalue weighted by atomic mass is 19.4. The Kier molecular flexibility index (Phi) is 11.2. The van der Waals surface area contributed by atoms with Crippen LogP contribution in [0.25, 0.3) is 22.0 Å². The zero-order valence-corrected chi connectivity index (χ0v) is 29.2. The lowest BCUT2D eigenvalue weighted by molar-refractivity contribution is -0.124. The highest BCUT2D eigenvalue weighted by Crippen LogP contribution is 2.41. The van der Waals surface area contributed by atoms with Crippen molar-refractivity contribution in [3.8, 4) is 0 Å². The van der Waals surface area contributed by atoms with E-state index >= 15 is 4.39 Å². The molecule has 2 fully saturated rings. The molecule has 0 bridgehead atoms. The van der Waals surface area contributed by atoms with Crippen molar-refractivity contribution in [3.63, 3.8) is 0 Å². The molecular formula is C39H44F4N6O2. The van der Waals surface area contributed by atoms with Gasteiger partial charge in [-0.2, -0.15) is 17.6 Å². The number of anilines is 1. The molecule has 0 N–H and O–H groups in total. The number of ether oxygens (including phenoxy) is 1. The van der Waals surface area contributed by atoms with Crippen molar-refractivity contribution < 1.29 is 27.1 Å². The lowest BCUT2D eigenvalue weighted by atomic mass is 9.88. The third-order valence-corrected chi connectivity index (χ3v) is 9.65. The summed E-state index contributed by atoms with van der Waals surface area (Å²) in [7, 11) is 5.46. The molecule has 4 aromatic rings. The average Bonchev–Trinajstić information content (AvgIpc) is 3.47. The number of benzene rings is 2. The molecule has 270 valence electrons. The van der Waals surface area contributed by atoms with Crippen molar-refractivity contribution >= 4 is 33.8 Å². The fourth-order valence-electron chi connectivity index (χ4n) is 6.95. The van der Waals surface area contributed by atoms with E-state index in [-0.39, 0.29) is 22.9 Å². The number of pyridine rings is 1. The van der Waals surface area contributed by atoms with Crippen LogP contribution in [0.5, 0.6) is 0 Å². The van der Waals surface area contributed by atoms with Crippen LogP contribution in [-0.4, -0.2) is 90.1 Å². The first-order valence-electron chi connectivity index (χ1n) is 17.4. The van der Waals surface area contributed by atoms with Crippen LogP contribution in [0.4, 0.5) is 23.4 Å². The number of likely N-dealkylation sites (N-methyl/N-ethyl adjacent to an activating group) is 2. The zero-order chi connectivity index (χ0) is 36.1. The highest BCUT2D eigenvalue weighted by molar-refractivity contribution is 6.00. The minimum Gasteiger partial charge on any atom is -0.356 e. The molecule has 0 saturated carbocycles. The summed E-state index contributed by atoms with van der Waals surface area (Å²) in [5.74, 6) is -0.0385. The van der Waals surface area contributed by atoms with Gasteiger partial charge in [-0.3, -0.25) is 9.69 Å². The number of piperidine rings is 1. The van der Waals surface area contributed by atoms with E-state index in [2.05, 4.69) is 14.9 Å². The van der Waals surface area contributed by atoms with Crippen molar-refractivity contribution in [2.24, 2.45) is 0 Å². The number of alkyl halides is 3. The minimum absolute atomic E-state index is 0.0637. The molecule has 1 amide bonds. The highest BCUT2D eigenvalue weighted by Gasteiger charge is 2.32. The monoisotopic (exact) mass is 704 g/mol. The van der Waals surface area contributed by atoms with Gasteiger partial charge < -0.3 is 14.5 Å². The zero-order valence-electron chi connectivity index (χ0n) is 29.2. The van der Waals surface area contributed by atoms with Crippen LogP contribution in [0.3, 0.4) is 0 Å². The Balaban J connectivity index is 1.35. The van der Waals surface area contributed by atoms with Crippen LogP contribution in [0.1, 0.15) is 61.4 Å². The van der Waals surface area contributed by atoms with Gasteiger partial charge in [-0.15, -0.1) is 5.10 Å². The van der Waals surface area contributed by atoms with E-state index in [0.717, 1.165) is 44.6 Å². The lowest BCUT2D eigenvalue weighted by Gasteiger charge is -2.38. The van der Waals surface area contributed by atoms with Gasteiger partial charge in [0.2, 0.25) is 11.9 Å². The molecule has 12 heteroatoms. The van der Waals surface area contributed by atoms with Crippen molar-refractivity contribution in [1.29, 1.82) is 0 Å². The van der Waals surface area contributed by atoms with Gasteiger partial charge in [0.25, 0.3) is 0 Å². The fraction of sp³-hybridized carbons (Fsp3) is 0.410. The number of rotatable bonds is 10. The Labute approximate surface area is 296 Å². The molecule has 0 spiro atoms. The molecule has 4 heterocycles. The number of nitrogens with zero attached hydrogens (tertiary/aromatic N) is 6. The van der Waals surface area contributed by atoms with Crippen LogP contribution in [0.2, 0.25) is 0 Å². The average molecular weight is 705 g/mol. The van der Waals surface area contributed by atoms with E-state index in [1.807, 2.05) is 19.2 Å². The Bertz CT molecular complexity index is 1860. The van der Waals surface area contributed by atoms with Gasteiger partial charge in [0.05, 0.1) is 17.3 Å². The Morgan fingerprint density at radius 2 is 1.76 bits per heavy atom. The third-order valence-electron chi connectivity index (χ3n) is 9.65. The van der Waals surface area contributed by atoms with Gasteiger partial charge >= 0.3 is 6.18 Å². The summed E-state index contributed by atoms with van der Waals surface area (Å²) in [6.45, 7) is 2.69. The molecule has 2 saturated heterocycles. The predicted octanol–water partition coefficient (Wildman–Crippen LogP) is 7.73. The Hall–Kier alpha value is -4.55. The summed E-state index contributed by atoms with van der Waals surface area (Å²) in [5, 5.41) is 4.36. The van der Waals surface area contributed by atoms with Gasteiger partial charge in [0.1, 0.15) is 5.82 Å². The molecular weight excluding hydrogens is 660 g/mol. The number of carbonyl (C=O) groups is 1. The first-order chi connectivity index (χ1) is 24.5. The number of carbonyl (C=O) groups excluding carboxylic acids is 1. The molecule has 6 rings (SSSR count). The summed E-state index contributed by atoms with van der Waals surface area (Å²) < 4.78 is 65.8. The normalized spacial score (nSPS) is 19.2. The van der Waals surface area contributed by atoms with Gasteiger partial charge in [-0.05, 0) is 85.7 Å².